The number of carbonyl (C=O) groups is 2. The number of halogens is 2. The summed E-state index contributed by atoms with van der Waals surface area (Å²) in [5.41, 5.74) is 2.15. The van der Waals surface area contributed by atoms with Gasteiger partial charge in [-0.15, -0.1) is 0 Å². The summed E-state index contributed by atoms with van der Waals surface area (Å²) in [4.78, 5) is 32.6. The molecule has 0 unspecified atom stereocenters. The van der Waals surface area contributed by atoms with Crippen molar-refractivity contribution in [2.45, 2.75) is 12.8 Å². The molecule has 0 aliphatic carbocycles. The van der Waals surface area contributed by atoms with E-state index in [2.05, 4.69) is 15.3 Å². The number of aromatic amines is 2. The molecule has 0 atom stereocenters. The highest BCUT2D eigenvalue weighted by molar-refractivity contribution is 7.71. The number of fused-ring (bicyclic) bond motifs is 1. The van der Waals surface area contributed by atoms with Crippen LogP contribution in [0.15, 0.2) is 36.4 Å². The fourth-order valence-corrected chi connectivity index (χ4v) is 3.75. The number of hydrogen-bond donors (Lipinski definition) is 3. The van der Waals surface area contributed by atoms with Crippen molar-refractivity contribution in [1.82, 2.24) is 14.9 Å². The highest BCUT2D eigenvalue weighted by Crippen LogP contribution is 2.23. The van der Waals surface area contributed by atoms with Gasteiger partial charge >= 0.3 is 0 Å². The first-order valence-corrected chi connectivity index (χ1v) is 9.59. The molecule has 4 rings (SSSR count). The van der Waals surface area contributed by atoms with E-state index in [9.17, 15) is 18.4 Å². The maximum Gasteiger partial charge on any atom is 0.256 e. The molecular formula is C20H18F2N4O2S. The molecule has 29 heavy (non-hydrogen) atoms. The van der Waals surface area contributed by atoms with E-state index in [0.29, 0.717) is 42.5 Å². The van der Waals surface area contributed by atoms with Crippen molar-refractivity contribution in [1.29, 1.82) is 0 Å². The van der Waals surface area contributed by atoms with Crippen molar-refractivity contribution in [3.63, 3.8) is 0 Å². The third-order valence-electron chi connectivity index (χ3n) is 5.10. The number of benzene rings is 2. The molecule has 0 spiro atoms. The highest BCUT2D eigenvalue weighted by Gasteiger charge is 2.29. The van der Waals surface area contributed by atoms with Gasteiger partial charge in [-0.25, -0.2) is 8.78 Å². The summed E-state index contributed by atoms with van der Waals surface area (Å²) < 4.78 is 27.4. The third kappa shape index (κ3) is 4.04. The van der Waals surface area contributed by atoms with Gasteiger partial charge < -0.3 is 20.2 Å². The van der Waals surface area contributed by atoms with Crippen LogP contribution in [-0.4, -0.2) is 39.8 Å². The molecule has 2 aromatic carbocycles. The maximum absolute atomic E-state index is 13.9. The molecule has 1 aromatic heterocycles. The van der Waals surface area contributed by atoms with Crippen LogP contribution in [0.1, 0.15) is 23.2 Å². The molecule has 2 heterocycles. The standard InChI is InChI=1S/C20H18F2N4O2S/c21-12-1-3-14(15(22)9-12)19(28)26-7-5-11(6-8-26)18(27)23-13-2-4-16-17(10-13)25-20(29)24-16/h1-4,9-11H,5-8H2,(H,23,27)(H2,24,25,29). The minimum atomic E-state index is -0.881. The maximum atomic E-state index is 13.9. The number of aromatic nitrogens is 2. The number of nitrogens with one attached hydrogen (secondary N) is 3. The molecule has 3 aromatic rings. The molecule has 1 fully saturated rings. The Bertz CT molecular complexity index is 1150. The van der Waals surface area contributed by atoms with Gasteiger partial charge in [0.15, 0.2) is 4.77 Å². The Kier molecular flexibility index (Phi) is 5.14. The van der Waals surface area contributed by atoms with Gasteiger partial charge in [0.2, 0.25) is 5.91 Å². The highest BCUT2D eigenvalue weighted by atomic mass is 32.1. The van der Waals surface area contributed by atoms with Crippen LogP contribution in [0.5, 0.6) is 0 Å². The van der Waals surface area contributed by atoms with Gasteiger partial charge in [-0.05, 0) is 55.4 Å². The number of hydrogen-bond acceptors (Lipinski definition) is 3. The second-order valence-corrected chi connectivity index (χ2v) is 7.43. The SMILES string of the molecule is O=C(Nc1ccc2[nH]c(=S)[nH]c2c1)C1CCN(C(=O)c2ccc(F)cc2F)CC1. The van der Waals surface area contributed by atoms with Gasteiger partial charge in [-0.2, -0.15) is 0 Å². The molecule has 1 aliphatic rings. The van der Waals surface area contributed by atoms with Crippen molar-refractivity contribution in [2.75, 3.05) is 18.4 Å². The van der Waals surface area contributed by atoms with Crippen molar-refractivity contribution in [3.05, 3.63) is 58.4 Å². The summed E-state index contributed by atoms with van der Waals surface area (Å²) >= 11 is 5.06. The molecule has 0 saturated carbocycles. The van der Waals surface area contributed by atoms with E-state index in [1.165, 1.54) is 4.90 Å². The van der Waals surface area contributed by atoms with E-state index < -0.39 is 17.5 Å². The zero-order chi connectivity index (χ0) is 20.5. The molecule has 9 heteroatoms. The average Bonchev–Trinajstić information content (AvgIpc) is 3.07. The lowest BCUT2D eigenvalue weighted by molar-refractivity contribution is -0.121. The fraction of sp³-hybridized carbons (Fsp3) is 0.250. The number of anilines is 1. The van der Waals surface area contributed by atoms with Crippen LogP contribution in [0.4, 0.5) is 14.5 Å². The second kappa shape index (κ2) is 7.75. The van der Waals surface area contributed by atoms with Gasteiger partial charge in [0.05, 0.1) is 16.6 Å². The van der Waals surface area contributed by atoms with Crippen LogP contribution < -0.4 is 5.32 Å². The van der Waals surface area contributed by atoms with Crippen molar-refractivity contribution in [2.24, 2.45) is 5.92 Å². The lowest BCUT2D eigenvalue weighted by atomic mass is 9.95. The summed E-state index contributed by atoms with van der Waals surface area (Å²) in [6.45, 7) is 0.662. The topological polar surface area (TPSA) is 81.0 Å². The summed E-state index contributed by atoms with van der Waals surface area (Å²) in [5.74, 6) is -2.48. The molecule has 6 nitrogen and oxygen atoms in total. The van der Waals surface area contributed by atoms with Gasteiger partial charge in [-0.1, -0.05) is 0 Å². The minimum Gasteiger partial charge on any atom is -0.339 e. The van der Waals surface area contributed by atoms with Crippen LogP contribution in [0, 0.1) is 22.3 Å². The number of likely N-dealkylation sites (tertiary alicyclic amines) is 1. The Hall–Kier alpha value is -3.07. The van der Waals surface area contributed by atoms with E-state index in [4.69, 9.17) is 12.2 Å². The molecule has 0 bridgehead atoms. The van der Waals surface area contributed by atoms with E-state index in [1.54, 1.807) is 12.1 Å². The monoisotopic (exact) mass is 416 g/mol. The number of amides is 2. The summed E-state index contributed by atoms with van der Waals surface area (Å²) in [6.07, 6.45) is 0.935. The lowest BCUT2D eigenvalue weighted by Crippen LogP contribution is -2.41. The number of nitrogens with zero attached hydrogens (tertiary/aromatic N) is 1. The fourth-order valence-electron chi connectivity index (χ4n) is 3.53. The molecular weight excluding hydrogens is 398 g/mol. The van der Waals surface area contributed by atoms with Crippen molar-refractivity contribution in [3.8, 4) is 0 Å². The lowest BCUT2D eigenvalue weighted by Gasteiger charge is -2.31. The summed E-state index contributed by atoms with van der Waals surface area (Å²) in [6, 6.07) is 8.32. The summed E-state index contributed by atoms with van der Waals surface area (Å²) in [5, 5.41) is 2.89. The molecule has 1 aliphatic heterocycles. The normalized spacial score (nSPS) is 14.9. The zero-order valence-electron chi connectivity index (χ0n) is 15.3. The number of H-pyrrole nitrogens is 2. The van der Waals surface area contributed by atoms with Gasteiger partial charge in [0.25, 0.3) is 5.91 Å². The van der Waals surface area contributed by atoms with Crippen LogP contribution in [0.25, 0.3) is 11.0 Å². The van der Waals surface area contributed by atoms with E-state index in [0.717, 1.165) is 23.2 Å². The minimum absolute atomic E-state index is 0.126. The Morgan fingerprint density at radius 3 is 2.48 bits per heavy atom. The predicted molar refractivity (Wildman–Crippen MR) is 107 cm³/mol. The molecule has 2 amide bonds. The van der Waals surface area contributed by atoms with Crippen LogP contribution >= 0.6 is 12.2 Å². The average molecular weight is 416 g/mol. The first kappa shape index (κ1) is 19.3. The van der Waals surface area contributed by atoms with Crippen LogP contribution in [0.3, 0.4) is 0 Å². The van der Waals surface area contributed by atoms with Gasteiger partial charge in [-0.3, -0.25) is 9.59 Å². The molecule has 3 N–H and O–H groups in total. The van der Waals surface area contributed by atoms with Crippen molar-refractivity contribution >= 4 is 40.8 Å². The molecule has 0 radical (unpaired) electrons. The number of carbonyl (C=O) groups excluding carboxylic acids is 2. The van der Waals surface area contributed by atoms with E-state index >= 15 is 0 Å². The summed E-state index contributed by atoms with van der Waals surface area (Å²) in [7, 11) is 0. The Morgan fingerprint density at radius 1 is 1.03 bits per heavy atom. The molecule has 150 valence electrons. The first-order chi connectivity index (χ1) is 13.9. The smallest absolute Gasteiger partial charge is 0.256 e. The Balaban J connectivity index is 1.37. The third-order valence-corrected chi connectivity index (χ3v) is 5.30. The quantitative estimate of drug-likeness (QED) is 0.565. The Labute approximate surface area is 169 Å². The largest absolute Gasteiger partial charge is 0.339 e. The number of rotatable bonds is 3. The first-order valence-electron chi connectivity index (χ1n) is 9.18. The second-order valence-electron chi connectivity index (χ2n) is 7.02. The zero-order valence-corrected chi connectivity index (χ0v) is 16.1. The number of imidazole rings is 1. The number of piperidine rings is 1. The Morgan fingerprint density at radius 2 is 1.76 bits per heavy atom. The van der Waals surface area contributed by atoms with Crippen LogP contribution in [0.2, 0.25) is 0 Å². The van der Waals surface area contributed by atoms with Gasteiger partial charge in [0, 0.05) is 30.8 Å². The van der Waals surface area contributed by atoms with Crippen LogP contribution in [-0.2, 0) is 4.79 Å². The van der Waals surface area contributed by atoms with Gasteiger partial charge in [0.1, 0.15) is 11.6 Å². The molecule has 1 saturated heterocycles. The van der Waals surface area contributed by atoms with Crippen molar-refractivity contribution < 1.29 is 18.4 Å². The predicted octanol–water partition coefficient (Wildman–Crippen LogP) is 3.99. The van der Waals surface area contributed by atoms with E-state index in [-0.39, 0.29) is 17.4 Å². The van der Waals surface area contributed by atoms with E-state index in [1.807, 2.05) is 6.07 Å².